The highest BCUT2D eigenvalue weighted by atomic mass is 16.5. The van der Waals surface area contributed by atoms with Crippen LogP contribution in [-0.2, 0) is 6.54 Å². The molecule has 0 bridgehead atoms. The third-order valence-corrected chi connectivity index (χ3v) is 4.86. The van der Waals surface area contributed by atoms with Gasteiger partial charge in [-0.2, -0.15) is 4.98 Å². The van der Waals surface area contributed by atoms with Crippen molar-refractivity contribution in [3.05, 3.63) is 53.6 Å². The highest BCUT2D eigenvalue weighted by molar-refractivity contribution is 5.90. The summed E-state index contributed by atoms with van der Waals surface area (Å²) >= 11 is 0. The highest BCUT2D eigenvalue weighted by Gasteiger charge is 2.15. The zero-order valence-electron chi connectivity index (χ0n) is 15.4. The van der Waals surface area contributed by atoms with E-state index in [2.05, 4.69) is 20.4 Å². The van der Waals surface area contributed by atoms with Crippen LogP contribution in [0.3, 0.4) is 0 Å². The van der Waals surface area contributed by atoms with E-state index in [0.717, 1.165) is 29.8 Å². The molecule has 1 aromatic carbocycles. The number of hydrogen-bond donors (Lipinski definition) is 1. The fraction of sp³-hybridized carbons (Fsp3) is 0.400. The van der Waals surface area contributed by atoms with E-state index in [1.807, 2.05) is 37.3 Å². The van der Waals surface area contributed by atoms with Gasteiger partial charge < -0.3 is 10.1 Å². The van der Waals surface area contributed by atoms with Crippen LogP contribution < -0.4 is 10.1 Å². The van der Waals surface area contributed by atoms with E-state index >= 15 is 0 Å². The molecular weight excluding hydrogens is 342 g/mol. The minimum absolute atomic E-state index is 0.119. The summed E-state index contributed by atoms with van der Waals surface area (Å²) < 4.78 is 7.59. The Bertz CT molecular complexity index is 929. The maximum atomic E-state index is 12.3. The first-order valence-corrected chi connectivity index (χ1v) is 9.41. The average molecular weight is 365 g/mol. The first-order valence-electron chi connectivity index (χ1n) is 9.41. The third kappa shape index (κ3) is 4.07. The molecule has 0 atom stereocenters. The topological polar surface area (TPSA) is 81.4 Å². The van der Waals surface area contributed by atoms with Crippen molar-refractivity contribution in [2.45, 2.75) is 51.7 Å². The smallest absolute Gasteiger partial charge is 0.291 e. The summed E-state index contributed by atoms with van der Waals surface area (Å²) in [4.78, 5) is 20.6. The van der Waals surface area contributed by atoms with Gasteiger partial charge >= 0.3 is 0 Å². The second kappa shape index (κ2) is 7.73. The Kier molecular flexibility index (Phi) is 5.00. The predicted octanol–water partition coefficient (Wildman–Crippen LogP) is 3.07. The number of fused-ring (bicyclic) bond motifs is 1. The van der Waals surface area contributed by atoms with Gasteiger partial charge in [0.05, 0.1) is 6.10 Å². The van der Waals surface area contributed by atoms with Crippen LogP contribution in [0.5, 0.6) is 5.75 Å². The van der Waals surface area contributed by atoms with E-state index < -0.39 is 0 Å². The SMILES string of the molecule is Cc1ccnc2nc(C(=O)NCc3ccc(OC4CCCCC4)cc3)nn12. The zero-order chi connectivity index (χ0) is 18.6. The van der Waals surface area contributed by atoms with Gasteiger partial charge in [0.1, 0.15) is 5.75 Å². The highest BCUT2D eigenvalue weighted by Crippen LogP contribution is 2.23. The molecule has 1 saturated carbocycles. The third-order valence-electron chi connectivity index (χ3n) is 4.86. The van der Waals surface area contributed by atoms with Crippen LogP contribution in [0.1, 0.15) is 54.0 Å². The summed E-state index contributed by atoms with van der Waals surface area (Å²) in [7, 11) is 0. The Morgan fingerprint density at radius 2 is 1.96 bits per heavy atom. The van der Waals surface area contributed by atoms with Crippen LogP contribution in [0.15, 0.2) is 36.5 Å². The van der Waals surface area contributed by atoms with Crippen molar-refractivity contribution >= 4 is 11.7 Å². The molecule has 0 radical (unpaired) electrons. The molecule has 7 heteroatoms. The predicted molar refractivity (Wildman–Crippen MR) is 101 cm³/mol. The Morgan fingerprint density at radius 1 is 1.19 bits per heavy atom. The van der Waals surface area contributed by atoms with E-state index in [1.165, 1.54) is 19.3 Å². The molecule has 3 aromatic rings. The number of rotatable bonds is 5. The largest absolute Gasteiger partial charge is 0.490 e. The molecule has 4 rings (SSSR count). The standard InChI is InChI=1S/C20H23N5O2/c1-14-11-12-21-20-23-18(24-25(14)20)19(26)22-13-15-7-9-17(10-8-15)27-16-5-3-2-4-6-16/h7-12,16H,2-6,13H2,1H3,(H,22,26). The molecule has 0 saturated heterocycles. The van der Waals surface area contributed by atoms with Crippen molar-refractivity contribution in [3.63, 3.8) is 0 Å². The number of aromatic nitrogens is 4. The van der Waals surface area contributed by atoms with Crippen LogP contribution in [0.25, 0.3) is 5.78 Å². The molecule has 1 aliphatic rings. The molecule has 1 N–H and O–H groups in total. The number of nitrogens with one attached hydrogen (secondary N) is 1. The Morgan fingerprint density at radius 3 is 2.70 bits per heavy atom. The van der Waals surface area contributed by atoms with Crippen LogP contribution in [-0.4, -0.2) is 31.6 Å². The molecule has 1 aliphatic carbocycles. The zero-order valence-corrected chi connectivity index (χ0v) is 15.4. The second-order valence-corrected chi connectivity index (χ2v) is 6.94. The Labute approximate surface area is 157 Å². The molecule has 140 valence electrons. The summed E-state index contributed by atoms with van der Waals surface area (Å²) in [6.45, 7) is 2.30. The maximum Gasteiger partial charge on any atom is 0.291 e. The van der Waals surface area contributed by atoms with Crippen molar-refractivity contribution in [2.24, 2.45) is 0 Å². The van der Waals surface area contributed by atoms with Gasteiger partial charge in [0.25, 0.3) is 11.7 Å². The van der Waals surface area contributed by atoms with Gasteiger partial charge in [-0.3, -0.25) is 4.79 Å². The van der Waals surface area contributed by atoms with E-state index in [-0.39, 0.29) is 11.7 Å². The molecule has 1 amide bonds. The summed E-state index contributed by atoms with van der Waals surface area (Å²) in [5, 5.41) is 7.07. The number of hydrogen-bond acceptors (Lipinski definition) is 5. The normalized spacial score (nSPS) is 15.0. The molecule has 1 fully saturated rings. The summed E-state index contributed by atoms with van der Waals surface area (Å²) in [5.74, 6) is 1.11. The van der Waals surface area contributed by atoms with Crippen LogP contribution in [0.4, 0.5) is 0 Å². The number of aryl methyl sites for hydroxylation is 1. The minimum Gasteiger partial charge on any atom is -0.490 e. The monoisotopic (exact) mass is 365 g/mol. The molecule has 0 aliphatic heterocycles. The van der Waals surface area contributed by atoms with Gasteiger partial charge in [0.2, 0.25) is 5.82 Å². The fourth-order valence-corrected chi connectivity index (χ4v) is 3.33. The first-order chi connectivity index (χ1) is 13.2. The number of carbonyl (C=O) groups excluding carboxylic acids is 1. The van der Waals surface area contributed by atoms with E-state index in [0.29, 0.717) is 18.4 Å². The van der Waals surface area contributed by atoms with Gasteiger partial charge in [0.15, 0.2) is 0 Å². The number of ether oxygens (including phenoxy) is 1. The van der Waals surface area contributed by atoms with E-state index in [9.17, 15) is 4.79 Å². The van der Waals surface area contributed by atoms with Gasteiger partial charge in [-0.15, -0.1) is 5.10 Å². The van der Waals surface area contributed by atoms with Gasteiger partial charge in [-0.05, 0) is 56.4 Å². The average Bonchev–Trinajstić information content (AvgIpc) is 3.14. The van der Waals surface area contributed by atoms with Crippen molar-refractivity contribution in [3.8, 4) is 5.75 Å². The van der Waals surface area contributed by atoms with Crippen LogP contribution >= 0.6 is 0 Å². The quantitative estimate of drug-likeness (QED) is 0.751. The van der Waals surface area contributed by atoms with Crippen LogP contribution in [0.2, 0.25) is 0 Å². The van der Waals surface area contributed by atoms with Crippen molar-refractivity contribution in [1.82, 2.24) is 24.9 Å². The Hall–Kier alpha value is -2.96. The van der Waals surface area contributed by atoms with E-state index in [4.69, 9.17) is 4.74 Å². The molecule has 2 heterocycles. The van der Waals surface area contributed by atoms with Gasteiger partial charge in [0, 0.05) is 18.4 Å². The molecule has 27 heavy (non-hydrogen) atoms. The number of amides is 1. The second-order valence-electron chi connectivity index (χ2n) is 6.94. The van der Waals surface area contributed by atoms with Crippen LogP contribution in [0, 0.1) is 6.92 Å². The lowest BCUT2D eigenvalue weighted by molar-refractivity contribution is 0.0940. The van der Waals surface area contributed by atoms with Crippen molar-refractivity contribution in [2.75, 3.05) is 0 Å². The lowest BCUT2D eigenvalue weighted by atomic mass is 9.98. The lowest BCUT2D eigenvalue weighted by Crippen LogP contribution is -2.24. The minimum atomic E-state index is -0.317. The fourth-order valence-electron chi connectivity index (χ4n) is 3.33. The first kappa shape index (κ1) is 17.5. The lowest BCUT2D eigenvalue weighted by Gasteiger charge is -2.23. The maximum absolute atomic E-state index is 12.3. The molecule has 0 spiro atoms. The Balaban J connectivity index is 1.34. The number of benzene rings is 1. The molecular formula is C20H23N5O2. The molecule has 0 unspecified atom stereocenters. The summed E-state index contributed by atoms with van der Waals surface area (Å²) in [6, 6.07) is 9.70. The van der Waals surface area contributed by atoms with Gasteiger partial charge in [-0.25, -0.2) is 9.50 Å². The molecule has 7 nitrogen and oxygen atoms in total. The summed E-state index contributed by atoms with van der Waals surface area (Å²) in [6.07, 6.45) is 8.08. The van der Waals surface area contributed by atoms with Crippen molar-refractivity contribution < 1.29 is 9.53 Å². The molecule has 2 aromatic heterocycles. The van der Waals surface area contributed by atoms with E-state index in [1.54, 1.807) is 10.7 Å². The number of carbonyl (C=O) groups is 1. The summed E-state index contributed by atoms with van der Waals surface area (Å²) in [5.41, 5.74) is 1.87. The van der Waals surface area contributed by atoms with Crippen molar-refractivity contribution in [1.29, 1.82) is 0 Å². The van der Waals surface area contributed by atoms with Gasteiger partial charge in [-0.1, -0.05) is 18.6 Å². The number of nitrogens with zero attached hydrogens (tertiary/aromatic N) is 4.